The summed E-state index contributed by atoms with van der Waals surface area (Å²) in [6.45, 7) is 9.23. The van der Waals surface area contributed by atoms with Crippen molar-refractivity contribution >= 4 is 43.4 Å². The molecule has 285 valence electrons. The van der Waals surface area contributed by atoms with Gasteiger partial charge >= 0.3 is 0 Å². The molecule has 0 N–H and O–H groups in total. The van der Waals surface area contributed by atoms with Crippen LogP contribution in [0.25, 0.3) is 82.8 Å². The van der Waals surface area contributed by atoms with Crippen LogP contribution in [0, 0.1) is 12.1 Å². The molecule has 3 nitrogen and oxygen atoms in total. The molecular weight excluding hydrogens is 883 g/mol. The van der Waals surface area contributed by atoms with E-state index < -0.39 is 0 Å². The van der Waals surface area contributed by atoms with Crippen molar-refractivity contribution in [2.75, 3.05) is 0 Å². The predicted molar refractivity (Wildman–Crippen MR) is 240 cm³/mol. The third-order valence-electron chi connectivity index (χ3n) is 10.9. The Bertz CT molecular complexity index is 2940. The van der Waals surface area contributed by atoms with Gasteiger partial charge in [0.25, 0.3) is 0 Å². The first-order valence-corrected chi connectivity index (χ1v) is 19.8. The van der Waals surface area contributed by atoms with Gasteiger partial charge in [0.2, 0.25) is 0 Å². The standard InChI is InChI=1S/C43H35N2.C11H8N.Ir/c1-27(2)38-25-34(29-12-6-5-7-13-29)26-39(28(3)4)41(38)45-42-37-17-11-9-15-31(37)21-23-40(42)44-43(45)33-20-22-36-32(24-33)19-18-30-14-8-10-16-35(30)36;1-2-6-10(7-3-1)11-8-4-5-9-12-11;/h5-19,21-28H,1-4H3;1-6,8-9H;/q2*-1;. The first kappa shape index (κ1) is 38.7. The van der Waals surface area contributed by atoms with Crippen molar-refractivity contribution in [2.24, 2.45) is 0 Å². The fourth-order valence-corrected chi connectivity index (χ4v) is 8.00. The molecule has 2 heterocycles. The zero-order chi connectivity index (χ0) is 38.9. The molecule has 8 aromatic carbocycles. The number of hydrogen-bond acceptors (Lipinski definition) is 2. The normalized spacial score (nSPS) is 11.3. The first-order valence-electron chi connectivity index (χ1n) is 19.8. The van der Waals surface area contributed by atoms with Crippen LogP contribution >= 0.6 is 0 Å². The summed E-state index contributed by atoms with van der Waals surface area (Å²) in [6, 6.07) is 66.6. The van der Waals surface area contributed by atoms with Crippen LogP contribution in [0.2, 0.25) is 0 Å². The number of benzene rings is 8. The second-order valence-corrected chi connectivity index (χ2v) is 15.2. The summed E-state index contributed by atoms with van der Waals surface area (Å²) < 4.78 is 2.45. The number of imidazole rings is 1. The van der Waals surface area contributed by atoms with E-state index in [0.717, 1.165) is 33.7 Å². The van der Waals surface area contributed by atoms with Crippen LogP contribution in [0.4, 0.5) is 0 Å². The summed E-state index contributed by atoms with van der Waals surface area (Å²) >= 11 is 0. The molecule has 0 aliphatic carbocycles. The number of fused-ring (bicyclic) bond motifs is 6. The number of pyridine rings is 1. The van der Waals surface area contributed by atoms with E-state index in [2.05, 4.69) is 177 Å². The number of nitrogens with zero attached hydrogens (tertiary/aromatic N) is 3. The first-order chi connectivity index (χ1) is 27.9. The van der Waals surface area contributed by atoms with Crippen LogP contribution in [0.1, 0.15) is 50.7 Å². The van der Waals surface area contributed by atoms with Crippen molar-refractivity contribution < 1.29 is 20.1 Å². The van der Waals surface area contributed by atoms with Crippen LogP contribution in [0.3, 0.4) is 0 Å². The maximum atomic E-state index is 5.39. The zero-order valence-corrected chi connectivity index (χ0v) is 35.5. The van der Waals surface area contributed by atoms with Gasteiger partial charge in [-0.25, -0.2) is 0 Å². The van der Waals surface area contributed by atoms with E-state index in [9.17, 15) is 0 Å². The third-order valence-corrected chi connectivity index (χ3v) is 10.9. The van der Waals surface area contributed by atoms with Crippen LogP contribution in [-0.4, -0.2) is 14.5 Å². The van der Waals surface area contributed by atoms with Gasteiger partial charge in [-0.3, -0.25) is 4.98 Å². The van der Waals surface area contributed by atoms with Crippen LogP contribution in [0.15, 0.2) is 176 Å². The number of hydrogen-bond donors (Lipinski definition) is 0. The third kappa shape index (κ3) is 7.38. The van der Waals surface area contributed by atoms with Gasteiger partial charge < -0.3 is 9.55 Å². The van der Waals surface area contributed by atoms with Gasteiger partial charge in [0, 0.05) is 37.4 Å². The van der Waals surface area contributed by atoms with Crippen LogP contribution < -0.4 is 0 Å². The van der Waals surface area contributed by atoms with E-state index in [4.69, 9.17) is 4.98 Å². The SMILES string of the molecule is CC(C)c1cc(-c2ccccc2)cc(C(C)C)c1-n1c(-c2[c-]cc3c(ccc4ccccc43)c2)nc2ccc3ccccc3c21.[Ir].[c-]1ccccc1-c1ccccn1. The quantitative estimate of drug-likeness (QED) is 0.123. The summed E-state index contributed by atoms with van der Waals surface area (Å²) in [5, 5.41) is 7.31. The second-order valence-electron chi connectivity index (χ2n) is 15.2. The molecule has 0 spiro atoms. The van der Waals surface area contributed by atoms with E-state index in [0.29, 0.717) is 11.8 Å². The minimum atomic E-state index is 0. The van der Waals surface area contributed by atoms with Crippen molar-refractivity contribution in [1.29, 1.82) is 0 Å². The van der Waals surface area contributed by atoms with Crippen LogP contribution in [0.5, 0.6) is 0 Å². The molecule has 0 aliphatic rings. The fraction of sp³-hybridized carbons (Fsp3) is 0.111. The van der Waals surface area contributed by atoms with Crippen molar-refractivity contribution in [3.05, 3.63) is 199 Å². The molecule has 0 aliphatic heterocycles. The van der Waals surface area contributed by atoms with Crippen molar-refractivity contribution in [3.8, 4) is 39.5 Å². The minimum absolute atomic E-state index is 0. The van der Waals surface area contributed by atoms with Gasteiger partial charge in [-0.2, -0.15) is 0 Å². The smallest absolute Gasteiger partial charge is 0.0781 e. The van der Waals surface area contributed by atoms with Gasteiger partial charge in [-0.1, -0.05) is 148 Å². The van der Waals surface area contributed by atoms with Gasteiger partial charge in [-0.15, -0.1) is 65.0 Å². The Morgan fingerprint density at radius 1 is 0.517 bits per heavy atom. The van der Waals surface area contributed by atoms with E-state index in [1.165, 1.54) is 60.3 Å². The Morgan fingerprint density at radius 3 is 1.84 bits per heavy atom. The zero-order valence-electron chi connectivity index (χ0n) is 33.1. The maximum Gasteiger partial charge on any atom is 0.0781 e. The molecule has 0 bridgehead atoms. The largest absolute Gasteiger partial charge is 0.332 e. The second kappa shape index (κ2) is 16.7. The molecule has 10 aromatic rings. The number of aromatic nitrogens is 3. The topological polar surface area (TPSA) is 30.7 Å². The van der Waals surface area contributed by atoms with Gasteiger partial charge in [0.1, 0.15) is 0 Å². The predicted octanol–water partition coefficient (Wildman–Crippen LogP) is 14.4. The van der Waals surface area contributed by atoms with E-state index >= 15 is 0 Å². The monoisotopic (exact) mass is 926 g/mol. The average molecular weight is 926 g/mol. The molecule has 0 saturated heterocycles. The Balaban J connectivity index is 0.000000309. The van der Waals surface area contributed by atoms with Gasteiger partial charge in [0.05, 0.1) is 16.9 Å². The van der Waals surface area contributed by atoms with E-state index in [-0.39, 0.29) is 20.1 Å². The molecule has 0 saturated carbocycles. The van der Waals surface area contributed by atoms with Crippen molar-refractivity contribution in [2.45, 2.75) is 39.5 Å². The molecule has 58 heavy (non-hydrogen) atoms. The molecule has 0 atom stereocenters. The number of rotatable bonds is 6. The van der Waals surface area contributed by atoms with Crippen molar-refractivity contribution in [3.63, 3.8) is 0 Å². The van der Waals surface area contributed by atoms with Gasteiger partial charge in [-0.05, 0) is 74.8 Å². The summed E-state index contributed by atoms with van der Waals surface area (Å²) in [4.78, 5) is 9.61. The Labute approximate surface area is 354 Å². The summed E-state index contributed by atoms with van der Waals surface area (Å²) in [7, 11) is 0. The minimum Gasteiger partial charge on any atom is -0.332 e. The summed E-state index contributed by atoms with van der Waals surface area (Å²) in [6.07, 6.45) is 1.79. The maximum absolute atomic E-state index is 5.39. The van der Waals surface area contributed by atoms with Crippen molar-refractivity contribution in [1.82, 2.24) is 14.5 Å². The molecule has 0 unspecified atom stereocenters. The Hall–Kier alpha value is -6.19. The van der Waals surface area contributed by atoms with Crippen LogP contribution in [-0.2, 0) is 20.1 Å². The average Bonchev–Trinajstić information content (AvgIpc) is 3.67. The molecule has 0 fully saturated rings. The molecule has 4 heteroatoms. The molecule has 2 aromatic heterocycles. The summed E-state index contributed by atoms with van der Waals surface area (Å²) in [5.41, 5.74) is 11.5. The fourth-order valence-electron chi connectivity index (χ4n) is 8.00. The molecule has 0 amide bonds. The van der Waals surface area contributed by atoms with E-state index in [1.807, 2.05) is 42.5 Å². The summed E-state index contributed by atoms with van der Waals surface area (Å²) in [5.74, 6) is 1.52. The van der Waals surface area contributed by atoms with Gasteiger partial charge in [0.15, 0.2) is 0 Å². The molecule has 10 rings (SSSR count). The Morgan fingerprint density at radius 2 is 1.16 bits per heavy atom. The molecule has 1 radical (unpaired) electrons. The van der Waals surface area contributed by atoms with E-state index in [1.54, 1.807) is 6.20 Å². The molecular formula is C54H43IrN3-2. The Kier molecular flexibility index (Phi) is 11.2.